The van der Waals surface area contributed by atoms with Gasteiger partial charge < -0.3 is 5.32 Å². The van der Waals surface area contributed by atoms with Crippen LogP contribution in [0.3, 0.4) is 0 Å². The van der Waals surface area contributed by atoms with Crippen molar-refractivity contribution in [2.45, 2.75) is 39.3 Å². The van der Waals surface area contributed by atoms with Crippen molar-refractivity contribution in [2.75, 3.05) is 19.6 Å². The zero-order valence-electron chi connectivity index (χ0n) is 11.9. The summed E-state index contributed by atoms with van der Waals surface area (Å²) in [6.45, 7) is 9.04. The quantitative estimate of drug-likeness (QED) is 0.869. The molecule has 1 unspecified atom stereocenters. The number of hydrogen-bond acceptors (Lipinski definition) is 4. The van der Waals surface area contributed by atoms with Crippen LogP contribution in [0.15, 0.2) is 11.4 Å². The van der Waals surface area contributed by atoms with E-state index in [0.717, 1.165) is 18.7 Å². The molecule has 1 fully saturated rings. The van der Waals surface area contributed by atoms with Crippen LogP contribution in [0.1, 0.15) is 37.1 Å². The van der Waals surface area contributed by atoms with E-state index in [1.54, 1.807) is 11.3 Å². The lowest BCUT2D eigenvalue weighted by molar-refractivity contribution is 0.186. The number of rotatable bonds is 6. The Morgan fingerprint density at radius 1 is 1.42 bits per heavy atom. The van der Waals surface area contributed by atoms with Gasteiger partial charge in [0.05, 0.1) is 5.56 Å². The predicted octanol–water partition coefficient (Wildman–Crippen LogP) is 2.83. The van der Waals surface area contributed by atoms with E-state index < -0.39 is 0 Å². The SMILES string of the molecule is CC(C)C(CNCc1cc(C#N)cs1)N1CCCC1. The average Bonchev–Trinajstić information content (AvgIpc) is 3.05. The maximum Gasteiger partial charge on any atom is 0.100 e. The predicted molar refractivity (Wildman–Crippen MR) is 80.2 cm³/mol. The molecule has 2 rings (SSSR count). The lowest BCUT2D eigenvalue weighted by Gasteiger charge is -2.31. The monoisotopic (exact) mass is 277 g/mol. The van der Waals surface area contributed by atoms with Crippen molar-refractivity contribution in [3.8, 4) is 6.07 Å². The summed E-state index contributed by atoms with van der Waals surface area (Å²) in [4.78, 5) is 3.87. The maximum absolute atomic E-state index is 8.81. The molecule has 1 saturated heterocycles. The largest absolute Gasteiger partial charge is 0.310 e. The van der Waals surface area contributed by atoms with Gasteiger partial charge >= 0.3 is 0 Å². The van der Waals surface area contributed by atoms with Gasteiger partial charge in [-0.3, -0.25) is 4.90 Å². The third kappa shape index (κ3) is 4.04. The van der Waals surface area contributed by atoms with Crippen LogP contribution >= 0.6 is 11.3 Å². The van der Waals surface area contributed by atoms with Crippen LogP contribution in [0.2, 0.25) is 0 Å². The molecule has 1 aliphatic heterocycles. The number of thiophene rings is 1. The van der Waals surface area contributed by atoms with E-state index >= 15 is 0 Å². The molecule has 1 aliphatic rings. The fraction of sp³-hybridized carbons (Fsp3) is 0.667. The first-order chi connectivity index (χ1) is 9.20. The van der Waals surface area contributed by atoms with Gasteiger partial charge in [0.2, 0.25) is 0 Å². The minimum atomic E-state index is 0.637. The summed E-state index contributed by atoms with van der Waals surface area (Å²) in [5, 5.41) is 14.3. The Labute approximate surface area is 120 Å². The summed E-state index contributed by atoms with van der Waals surface area (Å²) < 4.78 is 0. The average molecular weight is 277 g/mol. The van der Waals surface area contributed by atoms with E-state index in [-0.39, 0.29) is 0 Å². The van der Waals surface area contributed by atoms with Crippen molar-refractivity contribution in [2.24, 2.45) is 5.92 Å². The highest BCUT2D eigenvalue weighted by molar-refractivity contribution is 7.10. The molecule has 1 aromatic rings. The van der Waals surface area contributed by atoms with E-state index in [2.05, 4.69) is 30.1 Å². The van der Waals surface area contributed by atoms with Gasteiger partial charge in [0.25, 0.3) is 0 Å². The van der Waals surface area contributed by atoms with Crippen LogP contribution in [0.25, 0.3) is 0 Å². The first kappa shape index (κ1) is 14.5. The van der Waals surface area contributed by atoms with Crippen LogP contribution in [0, 0.1) is 17.2 Å². The summed E-state index contributed by atoms with van der Waals surface area (Å²) in [5.41, 5.74) is 0.779. The Balaban J connectivity index is 1.80. The molecule has 0 radical (unpaired) electrons. The Morgan fingerprint density at radius 3 is 2.74 bits per heavy atom. The van der Waals surface area contributed by atoms with Gasteiger partial charge in [-0.2, -0.15) is 5.26 Å². The molecule has 19 heavy (non-hydrogen) atoms. The van der Waals surface area contributed by atoms with Crippen molar-refractivity contribution in [1.29, 1.82) is 5.26 Å². The number of nitriles is 1. The standard InChI is InChI=1S/C15H23N3S/c1-12(2)15(18-5-3-4-6-18)10-17-9-14-7-13(8-16)11-19-14/h7,11-12,15,17H,3-6,9-10H2,1-2H3. The summed E-state index contributed by atoms with van der Waals surface area (Å²) in [6, 6.07) is 4.80. The summed E-state index contributed by atoms with van der Waals surface area (Å²) in [7, 11) is 0. The Hall–Kier alpha value is -0.890. The van der Waals surface area contributed by atoms with Crippen LogP contribution in [-0.4, -0.2) is 30.6 Å². The fourth-order valence-electron chi connectivity index (χ4n) is 2.73. The topological polar surface area (TPSA) is 39.1 Å². The van der Waals surface area contributed by atoms with Gasteiger partial charge in [-0.05, 0) is 37.9 Å². The van der Waals surface area contributed by atoms with Gasteiger partial charge in [0.15, 0.2) is 0 Å². The first-order valence-corrected chi connectivity index (χ1v) is 8.01. The normalized spacial score (nSPS) is 17.8. The maximum atomic E-state index is 8.81. The molecular weight excluding hydrogens is 254 g/mol. The van der Waals surface area contributed by atoms with Crippen molar-refractivity contribution >= 4 is 11.3 Å². The smallest absolute Gasteiger partial charge is 0.100 e. The van der Waals surface area contributed by atoms with Crippen LogP contribution in [0.4, 0.5) is 0 Å². The van der Waals surface area contributed by atoms with E-state index in [1.165, 1.54) is 30.8 Å². The number of hydrogen-bond donors (Lipinski definition) is 1. The van der Waals surface area contributed by atoms with Gasteiger partial charge in [-0.1, -0.05) is 13.8 Å². The number of likely N-dealkylation sites (tertiary alicyclic amines) is 1. The second-order valence-corrected chi connectivity index (χ2v) is 6.59. The second-order valence-electron chi connectivity index (χ2n) is 5.60. The van der Waals surface area contributed by atoms with Crippen LogP contribution in [0.5, 0.6) is 0 Å². The van der Waals surface area contributed by atoms with Crippen molar-refractivity contribution in [1.82, 2.24) is 10.2 Å². The van der Waals surface area contributed by atoms with Crippen LogP contribution < -0.4 is 5.32 Å². The molecule has 1 atom stereocenters. The van der Waals surface area contributed by atoms with Gasteiger partial charge in [0, 0.05) is 29.4 Å². The molecule has 0 bridgehead atoms. The summed E-state index contributed by atoms with van der Waals surface area (Å²) >= 11 is 1.67. The highest BCUT2D eigenvalue weighted by Gasteiger charge is 2.23. The number of nitrogens with zero attached hydrogens (tertiary/aromatic N) is 2. The molecule has 0 aromatic carbocycles. The molecule has 0 aliphatic carbocycles. The molecule has 3 nitrogen and oxygen atoms in total. The second kappa shape index (κ2) is 7.04. The lowest BCUT2D eigenvalue weighted by atomic mass is 10.0. The zero-order chi connectivity index (χ0) is 13.7. The van der Waals surface area contributed by atoms with Crippen molar-refractivity contribution in [3.63, 3.8) is 0 Å². The number of nitrogens with one attached hydrogen (secondary N) is 1. The summed E-state index contributed by atoms with van der Waals surface area (Å²) in [6.07, 6.45) is 2.69. The summed E-state index contributed by atoms with van der Waals surface area (Å²) in [5.74, 6) is 0.684. The van der Waals surface area contributed by atoms with Gasteiger partial charge in [-0.15, -0.1) is 11.3 Å². The lowest BCUT2D eigenvalue weighted by Crippen LogP contribution is -2.43. The highest BCUT2D eigenvalue weighted by Crippen LogP contribution is 2.18. The third-order valence-corrected chi connectivity index (χ3v) is 4.75. The van der Waals surface area contributed by atoms with Gasteiger partial charge in [0.1, 0.15) is 6.07 Å². The Morgan fingerprint density at radius 2 is 2.16 bits per heavy atom. The van der Waals surface area contributed by atoms with E-state index in [9.17, 15) is 0 Å². The Kier molecular flexibility index (Phi) is 5.38. The Bertz CT molecular complexity index is 427. The molecule has 0 spiro atoms. The van der Waals surface area contributed by atoms with E-state index in [0.29, 0.717) is 12.0 Å². The molecule has 1 aromatic heterocycles. The van der Waals surface area contributed by atoms with Gasteiger partial charge in [-0.25, -0.2) is 0 Å². The van der Waals surface area contributed by atoms with Crippen molar-refractivity contribution in [3.05, 3.63) is 21.9 Å². The molecule has 4 heteroatoms. The highest BCUT2D eigenvalue weighted by atomic mass is 32.1. The molecular formula is C15H23N3S. The third-order valence-electron chi connectivity index (χ3n) is 3.81. The minimum Gasteiger partial charge on any atom is -0.310 e. The van der Waals surface area contributed by atoms with E-state index in [1.807, 2.05) is 11.4 Å². The minimum absolute atomic E-state index is 0.637. The van der Waals surface area contributed by atoms with Crippen molar-refractivity contribution < 1.29 is 0 Å². The molecule has 1 N–H and O–H groups in total. The van der Waals surface area contributed by atoms with E-state index in [4.69, 9.17) is 5.26 Å². The molecule has 0 amide bonds. The molecule has 104 valence electrons. The van der Waals surface area contributed by atoms with Crippen LogP contribution in [-0.2, 0) is 6.54 Å². The molecule has 0 saturated carbocycles. The fourth-order valence-corrected chi connectivity index (χ4v) is 3.51. The molecule has 2 heterocycles. The zero-order valence-corrected chi connectivity index (χ0v) is 12.7. The first-order valence-electron chi connectivity index (χ1n) is 7.13.